The molecule has 0 spiro atoms. The highest BCUT2D eigenvalue weighted by Gasteiger charge is 2.05. The number of benzene rings is 1. The SMILES string of the molecule is CCCCC(=O)C=c1cc(C)[nH]c2cccc3cnn1c32. The number of para-hydroxylation sites is 1. The first-order valence-electron chi connectivity index (χ1n) is 7.36. The highest BCUT2D eigenvalue weighted by molar-refractivity contribution is 6.05. The number of ketones is 1. The van der Waals surface area contributed by atoms with Crippen LogP contribution in [0.25, 0.3) is 22.5 Å². The van der Waals surface area contributed by atoms with E-state index in [1.165, 1.54) is 0 Å². The van der Waals surface area contributed by atoms with Gasteiger partial charge >= 0.3 is 0 Å². The Morgan fingerprint density at radius 2 is 2.29 bits per heavy atom. The average Bonchev–Trinajstić information content (AvgIpc) is 2.83. The summed E-state index contributed by atoms with van der Waals surface area (Å²) < 4.78 is 1.85. The van der Waals surface area contributed by atoms with Gasteiger partial charge in [-0.25, -0.2) is 4.52 Å². The number of hydrogen-bond acceptors (Lipinski definition) is 2. The number of nitrogens with zero attached hydrogens (tertiary/aromatic N) is 2. The highest BCUT2D eigenvalue weighted by atomic mass is 16.1. The van der Waals surface area contributed by atoms with Crippen LogP contribution in [0.5, 0.6) is 0 Å². The third-order valence-electron chi connectivity index (χ3n) is 3.62. The summed E-state index contributed by atoms with van der Waals surface area (Å²) in [7, 11) is 0. The van der Waals surface area contributed by atoms with Crippen LogP contribution in [-0.2, 0) is 4.79 Å². The Balaban J connectivity index is 2.28. The molecule has 0 aliphatic rings. The molecule has 2 aromatic heterocycles. The number of aromatic amines is 1. The van der Waals surface area contributed by atoms with Crippen LogP contribution in [0, 0.1) is 6.92 Å². The standard InChI is InChI=1S/C17H19N3O/c1-3-4-7-15(21)10-14-9-12(2)19-16-8-5-6-13-11-18-20(14)17(13)16/h5-6,8-11,19H,3-4,7H2,1-2H3. The molecular weight excluding hydrogens is 262 g/mol. The lowest BCUT2D eigenvalue weighted by molar-refractivity contribution is -0.113. The average molecular weight is 281 g/mol. The molecule has 1 aromatic carbocycles. The Morgan fingerprint density at radius 1 is 1.43 bits per heavy atom. The summed E-state index contributed by atoms with van der Waals surface area (Å²) in [6.45, 7) is 4.09. The van der Waals surface area contributed by atoms with Crippen LogP contribution in [0.2, 0.25) is 0 Å². The smallest absolute Gasteiger partial charge is 0.157 e. The van der Waals surface area contributed by atoms with E-state index < -0.39 is 0 Å². The molecule has 0 radical (unpaired) electrons. The Labute approximate surface area is 123 Å². The maximum Gasteiger partial charge on any atom is 0.157 e. The molecule has 2 heterocycles. The van der Waals surface area contributed by atoms with Crippen molar-refractivity contribution < 1.29 is 4.79 Å². The van der Waals surface area contributed by atoms with Gasteiger partial charge in [-0.05, 0) is 25.5 Å². The molecule has 1 N–H and O–H groups in total. The van der Waals surface area contributed by atoms with Crippen molar-refractivity contribution >= 4 is 28.3 Å². The molecular formula is C17H19N3O. The van der Waals surface area contributed by atoms with Gasteiger partial charge < -0.3 is 4.98 Å². The van der Waals surface area contributed by atoms with Gasteiger partial charge in [-0.15, -0.1) is 0 Å². The maximum atomic E-state index is 12.1. The fraction of sp³-hybridized carbons (Fsp3) is 0.294. The topological polar surface area (TPSA) is 50.2 Å². The minimum absolute atomic E-state index is 0.152. The molecule has 0 bridgehead atoms. The highest BCUT2D eigenvalue weighted by Crippen LogP contribution is 2.16. The molecule has 0 saturated heterocycles. The van der Waals surface area contributed by atoms with Crippen molar-refractivity contribution in [3.63, 3.8) is 0 Å². The largest absolute Gasteiger partial charge is 0.357 e. The number of carbonyl (C=O) groups excluding carboxylic acids is 1. The Kier molecular flexibility index (Phi) is 3.60. The van der Waals surface area contributed by atoms with Crippen molar-refractivity contribution in [2.75, 3.05) is 0 Å². The van der Waals surface area contributed by atoms with Crippen molar-refractivity contribution in [3.05, 3.63) is 41.5 Å². The van der Waals surface area contributed by atoms with E-state index in [1.54, 1.807) is 6.08 Å². The lowest BCUT2D eigenvalue weighted by Crippen LogP contribution is -2.14. The van der Waals surface area contributed by atoms with Crippen LogP contribution in [0.4, 0.5) is 0 Å². The maximum absolute atomic E-state index is 12.1. The van der Waals surface area contributed by atoms with Gasteiger partial charge in [0.15, 0.2) is 5.78 Å². The summed E-state index contributed by atoms with van der Waals surface area (Å²) in [5.74, 6) is 0.152. The van der Waals surface area contributed by atoms with Gasteiger partial charge in [-0.2, -0.15) is 5.10 Å². The molecule has 108 valence electrons. The molecule has 3 aromatic rings. The molecule has 4 nitrogen and oxygen atoms in total. The molecule has 0 atom stereocenters. The molecule has 0 saturated carbocycles. The fourth-order valence-corrected chi connectivity index (χ4v) is 2.60. The summed E-state index contributed by atoms with van der Waals surface area (Å²) in [5, 5.41) is 6.33. The second-order valence-corrected chi connectivity index (χ2v) is 5.39. The number of Topliss-reactive ketones (excluding diaryl/α,β-unsaturated/α-hetero) is 1. The summed E-state index contributed by atoms with van der Waals surface area (Å²) in [5.41, 5.74) is 3.03. The van der Waals surface area contributed by atoms with Gasteiger partial charge in [0.05, 0.1) is 22.6 Å². The third-order valence-corrected chi connectivity index (χ3v) is 3.62. The predicted molar refractivity (Wildman–Crippen MR) is 84.8 cm³/mol. The molecule has 0 fully saturated rings. The number of rotatable bonds is 4. The second-order valence-electron chi connectivity index (χ2n) is 5.39. The Hall–Kier alpha value is -2.36. The molecule has 0 aliphatic carbocycles. The normalized spacial score (nSPS) is 12.4. The van der Waals surface area contributed by atoms with Crippen molar-refractivity contribution in [1.29, 1.82) is 0 Å². The van der Waals surface area contributed by atoms with Gasteiger partial charge in [0.2, 0.25) is 0 Å². The van der Waals surface area contributed by atoms with Crippen molar-refractivity contribution in [3.8, 4) is 0 Å². The van der Waals surface area contributed by atoms with Crippen molar-refractivity contribution in [2.24, 2.45) is 0 Å². The Morgan fingerprint density at radius 3 is 3.10 bits per heavy atom. The van der Waals surface area contributed by atoms with Crippen LogP contribution < -0.4 is 5.35 Å². The molecule has 0 amide bonds. The number of nitrogens with one attached hydrogen (secondary N) is 1. The molecule has 0 aliphatic heterocycles. The zero-order valence-electron chi connectivity index (χ0n) is 12.4. The summed E-state index contributed by atoms with van der Waals surface area (Å²) >= 11 is 0. The fourth-order valence-electron chi connectivity index (χ4n) is 2.60. The molecule has 4 heteroatoms. The summed E-state index contributed by atoms with van der Waals surface area (Å²) in [6, 6.07) is 8.03. The zero-order valence-corrected chi connectivity index (χ0v) is 12.4. The lowest BCUT2D eigenvalue weighted by atomic mass is 10.2. The predicted octanol–water partition coefficient (Wildman–Crippen LogP) is 2.94. The van der Waals surface area contributed by atoms with Crippen molar-refractivity contribution in [2.45, 2.75) is 33.1 Å². The molecule has 3 rings (SSSR count). The monoisotopic (exact) mass is 281 g/mol. The lowest BCUT2D eigenvalue weighted by Gasteiger charge is -1.95. The van der Waals surface area contributed by atoms with Crippen LogP contribution in [-0.4, -0.2) is 20.4 Å². The van der Waals surface area contributed by atoms with Crippen LogP contribution in [0.3, 0.4) is 0 Å². The van der Waals surface area contributed by atoms with Gasteiger partial charge in [0, 0.05) is 23.6 Å². The van der Waals surface area contributed by atoms with E-state index in [2.05, 4.69) is 17.0 Å². The van der Waals surface area contributed by atoms with Gasteiger partial charge in [0.1, 0.15) is 0 Å². The van der Waals surface area contributed by atoms with Gasteiger partial charge in [-0.1, -0.05) is 25.5 Å². The van der Waals surface area contributed by atoms with Crippen LogP contribution >= 0.6 is 0 Å². The van der Waals surface area contributed by atoms with E-state index in [9.17, 15) is 4.79 Å². The zero-order chi connectivity index (χ0) is 14.8. The quantitative estimate of drug-likeness (QED) is 0.799. The van der Waals surface area contributed by atoms with E-state index in [1.807, 2.05) is 41.9 Å². The van der Waals surface area contributed by atoms with Crippen molar-refractivity contribution in [1.82, 2.24) is 14.6 Å². The first-order valence-corrected chi connectivity index (χ1v) is 7.36. The van der Waals surface area contributed by atoms with E-state index in [-0.39, 0.29) is 5.78 Å². The number of carbonyl (C=O) groups is 1. The van der Waals surface area contributed by atoms with Gasteiger partial charge in [0.25, 0.3) is 0 Å². The first kappa shape index (κ1) is 13.6. The number of aromatic nitrogens is 3. The summed E-state index contributed by atoms with van der Waals surface area (Å²) in [4.78, 5) is 15.4. The Bertz CT molecular complexity index is 870. The van der Waals surface area contributed by atoms with Crippen LogP contribution in [0.1, 0.15) is 31.9 Å². The summed E-state index contributed by atoms with van der Waals surface area (Å²) in [6.07, 6.45) is 6.08. The van der Waals surface area contributed by atoms with E-state index >= 15 is 0 Å². The van der Waals surface area contributed by atoms with Gasteiger partial charge in [-0.3, -0.25) is 4.79 Å². The number of unbranched alkanes of at least 4 members (excludes halogenated alkanes) is 1. The minimum Gasteiger partial charge on any atom is -0.357 e. The molecule has 0 unspecified atom stereocenters. The van der Waals surface area contributed by atoms with E-state index in [0.29, 0.717) is 6.42 Å². The molecule has 21 heavy (non-hydrogen) atoms. The van der Waals surface area contributed by atoms with Crippen LogP contribution in [0.15, 0.2) is 30.5 Å². The minimum atomic E-state index is 0.152. The number of H-pyrrole nitrogens is 1. The second kappa shape index (κ2) is 5.56. The first-order chi connectivity index (χ1) is 10.2. The third kappa shape index (κ3) is 2.61. The van der Waals surface area contributed by atoms with E-state index in [0.717, 1.165) is 40.3 Å². The number of hydrogen-bond donors (Lipinski definition) is 1. The van der Waals surface area contributed by atoms with E-state index in [4.69, 9.17) is 0 Å². The number of aryl methyl sites for hydroxylation is 1.